The van der Waals surface area contributed by atoms with Crippen molar-refractivity contribution in [3.8, 4) is 0 Å². The van der Waals surface area contributed by atoms with Gasteiger partial charge in [-0.3, -0.25) is 0 Å². The van der Waals surface area contributed by atoms with Crippen molar-refractivity contribution in [2.45, 2.75) is 0 Å². The molecule has 0 rings (SSSR count). The first-order valence-corrected chi connectivity index (χ1v) is 2.19. The normalized spacial score (nSPS) is 7.38. The van der Waals surface area contributed by atoms with Crippen LogP contribution in [0.1, 0.15) is 0 Å². The molecule has 0 aliphatic carbocycles. The fourth-order valence-electron chi connectivity index (χ4n) is 0. The van der Waals surface area contributed by atoms with Gasteiger partial charge in [0.2, 0.25) is 0 Å². The van der Waals surface area contributed by atoms with Crippen LogP contribution in [-0.2, 0) is 40.2 Å². The predicted molar refractivity (Wildman–Crippen MR) is 7.61 cm³/mol. The molecule has 0 saturated carbocycles. The maximum atomic E-state index is 8.55. The van der Waals surface area contributed by atoms with E-state index in [1.807, 2.05) is 0 Å². The van der Waals surface area contributed by atoms with Gasteiger partial charge in [0, 0.05) is 0 Å². The molecule has 0 spiro atoms. The maximum absolute atomic E-state index is 8.55. The van der Waals surface area contributed by atoms with Gasteiger partial charge < -0.3 is 19.2 Å². The molecule has 0 aromatic rings. The van der Waals surface area contributed by atoms with E-state index in [1.165, 1.54) is 0 Å². The molecule has 0 atom stereocenters. The summed E-state index contributed by atoms with van der Waals surface area (Å²) in [6.45, 7) is 0. The van der Waals surface area contributed by atoms with Crippen molar-refractivity contribution in [3.05, 3.63) is 0 Å². The first kappa shape index (κ1) is 22.6. The van der Waals surface area contributed by atoms with Crippen molar-refractivity contribution in [2.24, 2.45) is 0 Å². The number of phosphoric acid groups is 1. The molecule has 4 nitrogen and oxygen atoms in total. The Morgan fingerprint density at radius 2 is 1.12 bits per heavy atom. The van der Waals surface area contributed by atoms with E-state index in [0.717, 1.165) is 0 Å². The van der Waals surface area contributed by atoms with Crippen molar-refractivity contribution in [1.82, 2.24) is 0 Å². The maximum Gasteiger partial charge on any atom is 5.00 e. The SMILES string of the molecule is O=P([O-])([O-])[O-].[Li+].[Mn+2].[V+5]. The van der Waals surface area contributed by atoms with Gasteiger partial charge in [-0.1, -0.05) is 0 Å². The van der Waals surface area contributed by atoms with Gasteiger partial charge in [0.05, 0.1) is 0 Å². The van der Waals surface area contributed by atoms with E-state index in [9.17, 15) is 0 Å². The quantitative estimate of drug-likeness (QED) is 0.293. The second-order valence-corrected chi connectivity index (χ2v) is 1.34. The summed E-state index contributed by atoms with van der Waals surface area (Å²) in [4.78, 5) is 25.6. The summed E-state index contributed by atoms with van der Waals surface area (Å²) >= 11 is 0. The molecule has 0 amide bonds. The van der Waals surface area contributed by atoms with Crippen LogP contribution in [-0.4, -0.2) is 0 Å². The van der Waals surface area contributed by atoms with Crippen LogP contribution in [0.4, 0.5) is 0 Å². The average Bonchev–Trinajstić information content (AvgIpc) is 0.722. The molecule has 0 unspecified atom stereocenters. The zero-order chi connectivity index (χ0) is 4.50. The van der Waals surface area contributed by atoms with Crippen LogP contribution in [0.25, 0.3) is 0 Å². The van der Waals surface area contributed by atoms with Crippen LogP contribution >= 0.6 is 7.82 Å². The van der Waals surface area contributed by atoms with Crippen LogP contribution in [0.15, 0.2) is 0 Å². The summed E-state index contributed by atoms with van der Waals surface area (Å²) in [7, 11) is -5.39. The van der Waals surface area contributed by atoms with Gasteiger partial charge >= 0.3 is 54.5 Å². The Balaban J connectivity index is -0.0000000267. The van der Waals surface area contributed by atoms with Gasteiger partial charge in [-0.2, -0.15) is 7.82 Å². The smallest absolute Gasteiger partial charge is 0.822 e. The molecule has 8 heteroatoms. The average molecular weight is 208 g/mol. The predicted octanol–water partition coefficient (Wildman–Crippen LogP) is -5.83. The van der Waals surface area contributed by atoms with Crippen molar-refractivity contribution in [2.75, 3.05) is 0 Å². The second kappa shape index (κ2) is 8.81. The first-order valence-electron chi connectivity index (χ1n) is 0.730. The molecular weight excluding hydrogens is 208 g/mol. The summed E-state index contributed by atoms with van der Waals surface area (Å²) in [5, 5.41) is 0. The zero-order valence-electron chi connectivity index (χ0n) is 3.91. The summed E-state index contributed by atoms with van der Waals surface area (Å²) in [5.74, 6) is 0. The summed E-state index contributed by atoms with van der Waals surface area (Å²) < 4.78 is 8.55. The van der Waals surface area contributed by atoms with Crippen LogP contribution < -0.4 is 33.5 Å². The fourth-order valence-corrected chi connectivity index (χ4v) is 0. The minimum absolute atomic E-state index is 0. The van der Waals surface area contributed by atoms with Gasteiger partial charge in [-0.25, -0.2) is 0 Å². The van der Waals surface area contributed by atoms with Crippen LogP contribution in [0.2, 0.25) is 0 Å². The molecular formula is LiMnO4PV+5. The molecule has 0 N–H and O–H groups in total. The van der Waals surface area contributed by atoms with Crippen molar-refractivity contribution in [3.63, 3.8) is 0 Å². The Bertz CT molecular complexity index is 62.2. The molecule has 1 radical (unpaired) electrons. The van der Waals surface area contributed by atoms with E-state index in [4.69, 9.17) is 19.2 Å². The summed E-state index contributed by atoms with van der Waals surface area (Å²) in [5.41, 5.74) is 0. The monoisotopic (exact) mass is 208 g/mol. The number of hydrogen-bond acceptors (Lipinski definition) is 4. The molecule has 0 aliphatic heterocycles. The minimum Gasteiger partial charge on any atom is -0.822 e. The standard InChI is InChI=1S/Li.Mn.H3O4P.V/c;;1-5(2,3)4;/h;;(H3,1,2,3,4);/q+1;+2;;+5/p-3. The molecule has 0 aromatic heterocycles. The van der Waals surface area contributed by atoms with Crippen LogP contribution in [0, 0.1) is 0 Å². The molecule has 0 aliphatic rings. The van der Waals surface area contributed by atoms with Gasteiger partial charge in [-0.15, -0.1) is 0 Å². The molecule has 37 valence electrons. The van der Waals surface area contributed by atoms with Gasteiger partial charge in [0.25, 0.3) is 0 Å². The van der Waals surface area contributed by atoms with E-state index in [1.54, 1.807) is 0 Å². The molecule has 0 aromatic carbocycles. The topological polar surface area (TPSA) is 86.2 Å². The minimum atomic E-state index is -5.39. The van der Waals surface area contributed by atoms with Crippen molar-refractivity contribution >= 4 is 7.82 Å². The molecule has 0 heterocycles. The third kappa shape index (κ3) is 110. The van der Waals surface area contributed by atoms with Gasteiger partial charge in [-0.05, 0) is 0 Å². The van der Waals surface area contributed by atoms with Crippen LogP contribution in [0.5, 0.6) is 0 Å². The molecule has 0 saturated heterocycles. The van der Waals surface area contributed by atoms with Crippen molar-refractivity contribution in [1.29, 1.82) is 0 Å². The van der Waals surface area contributed by atoms with E-state index in [0.29, 0.717) is 0 Å². The molecule has 8 heavy (non-hydrogen) atoms. The Morgan fingerprint density at radius 1 is 1.12 bits per heavy atom. The second-order valence-electron chi connectivity index (χ2n) is 0.447. The molecule has 0 fully saturated rings. The Labute approximate surface area is 81.2 Å². The summed E-state index contributed by atoms with van der Waals surface area (Å²) in [6.07, 6.45) is 0. The van der Waals surface area contributed by atoms with E-state index < -0.39 is 7.82 Å². The van der Waals surface area contributed by atoms with E-state index in [2.05, 4.69) is 0 Å². The fraction of sp³-hybridized carbons (Fsp3) is 0. The van der Waals surface area contributed by atoms with Crippen LogP contribution in [0.3, 0.4) is 0 Å². The summed E-state index contributed by atoms with van der Waals surface area (Å²) in [6, 6.07) is 0. The van der Waals surface area contributed by atoms with Gasteiger partial charge in [0.15, 0.2) is 0 Å². The van der Waals surface area contributed by atoms with Gasteiger partial charge in [0.1, 0.15) is 0 Å². The number of hydrogen-bond donors (Lipinski definition) is 0. The third-order valence-electron chi connectivity index (χ3n) is 0. The zero-order valence-corrected chi connectivity index (χ0v) is 7.38. The Hall–Kier alpha value is 1.81. The Kier molecular flexibility index (Phi) is 24.8. The molecule has 0 bridgehead atoms. The Morgan fingerprint density at radius 3 is 1.12 bits per heavy atom. The third-order valence-corrected chi connectivity index (χ3v) is 0. The first-order chi connectivity index (χ1) is 2.00. The van der Waals surface area contributed by atoms with E-state index >= 15 is 0 Å². The van der Waals surface area contributed by atoms with Crippen molar-refractivity contribution < 1.29 is 73.7 Å². The number of rotatable bonds is 0. The largest absolute Gasteiger partial charge is 5.00 e. The van der Waals surface area contributed by atoms with E-state index in [-0.39, 0.29) is 54.5 Å².